The molecule has 0 bridgehead atoms. The van der Waals surface area contributed by atoms with Gasteiger partial charge in [0.05, 0.1) is 6.04 Å². The van der Waals surface area contributed by atoms with Crippen LogP contribution < -0.4 is 0 Å². The van der Waals surface area contributed by atoms with E-state index in [4.69, 9.17) is 9.47 Å². The van der Waals surface area contributed by atoms with Gasteiger partial charge in [-0.2, -0.15) is 5.01 Å². The van der Waals surface area contributed by atoms with Crippen molar-refractivity contribution < 1.29 is 19.1 Å². The van der Waals surface area contributed by atoms with Crippen LogP contribution in [0.3, 0.4) is 0 Å². The quantitative estimate of drug-likeness (QED) is 0.529. The van der Waals surface area contributed by atoms with Crippen LogP contribution in [0.5, 0.6) is 0 Å². The number of rotatable bonds is 8. The largest absolute Gasteiger partial charge is 0.443 e. The molecule has 1 atom stereocenters. The highest BCUT2D eigenvalue weighted by Crippen LogP contribution is 2.23. The number of carbonyl (C=O) groups is 2. The summed E-state index contributed by atoms with van der Waals surface area (Å²) in [6.45, 7) is 2.41. The van der Waals surface area contributed by atoms with Crippen molar-refractivity contribution in [3.05, 3.63) is 84.1 Å². The van der Waals surface area contributed by atoms with E-state index >= 15 is 0 Å². The summed E-state index contributed by atoms with van der Waals surface area (Å²) in [5.41, 5.74) is 1.77. The van der Waals surface area contributed by atoms with E-state index in [-0.39, 0.29) is 19.3 Å². The smallest absolute Gasteiger partial charge is 0.433 e. The van der Waals surface area contributed by atoms with E-state index in [9.17, 15) is 9.59 Å². The van der Waals surface area contributed by atoms with Crippen LogP contribution in [0.4, 0.5) is 9.59 Å². The molecule has 0 spiro atoms. The molecule has 0 fully saturated rings. The molecule has 6 nitrogen and oxygen atoms in total. The van der Waals surface area contributed by atoms with Crippen LogP contribution in [-0.4, -0.2) is 28.2 Å². The van der Waals surface area contributed by atoms with Gasteiger partial charge in [0.15, 0.2) is 0 Å². The van der Waals surface area contributed by atoms with Crippen molar-refractivity contribution >= 4 is 12.2 Å². The number of hydrazine groups is 1. The Bertz CT molecular complexity index is 839. The highest BCUT2D eigenvalue weighted by atomic mass is 16.6. The average molecular weight is 408 g/mol. The zero-order chi connectivity index (χ0) is 21.2. The molecule has 0 aliphatic carbocycles. The Morgan fingerprint density at radius 2 is 1.40 bits per heavy atom. The van der Waals surface area contributed by atoms with Crippen LogP contribution in [0.15, 0.2) is 72.9 Å². The van der Waals surface area contributed by atoms with E-state index in [0.29, 0.717) is 0 Å². The summed E-state index contributed by atoms with van der Waals surface area (Å²) < 4.78 is 10.9. The minimum absolute atomic E-state index is 0.136. The van der Waals surface area contributed by atoms with Gasteiger partial charge < -0.3 is 9.47 Å². The van der Waals surface area contributed by atoms with E-state index in [0.717, 1.165) is 36.8 Å². The predicted molar refractivity (Wildman–Crippen MR) is 114 cm³/mol. The first kappa shape index (κ1) is 21.4. The molecular formula is C24H28N2O4. The van der Waals surface area contributed by atoms with Crippen LogP contribution in [0.2, 0.25) is 0 Å². The standard InChI is InChI=1S/C24H28N2O4/c1-2-3-6-15-22-16-17-25(23(27)29-18-20-11-7-4-8-12-20)26(22)24(28)30-19-21-13-9-5-10-14-21/h4-5,7-14,16-17,22H,2-3,6,15,18-19H2,1H3/t22-/m1/s1. The molecule has 0 unspecified atom stereocenters. The third kappa shape index (κ3) is 5.86. The van der Waals surface area contributed by atoms with Crippen molar-refractivity contribution in [2.24, 2.45) is 0 Å². The van der Waals surface area contributed by atoms with E-state index in [1.165, 1.54) is 10.0 Å². The molecule has 0 radical (unpaired) electrons. The van der Waals surface area contributed by atoms with Crippen molar-refractivity contribution in [2.45, 2.75) is 51.9 Å². The summed E-state index contributed by atoms with van der Waals surface area (Å²) in [7, 11) is 0. The summed E-state index contributed by atoms with van der Waals surface area (Å²) in [6.07, 6.45) is 6.13. The molecule has 158 valence electrons. The van der Waals surface area contributed by atoms with Crippen LogP contribution >= 0.6 is 0 Å². The Hall–Kier alpha value is -3.28. The normalized spacial score (nSPS) is 15.3. The number of carbonyl (C=O) groups excluding carboxylic acids is 2. The van der Waals surface area contributed by atoms with E-state index in [2.05, 4.69) is 6.92 Å². The number of hydrogen-bond donors (Lipinski definition) is 0. The highest BCUT2D eigenvalue weighted by molar-refractivity contribution is 5.76. The molecule has 1 aliphatic heterocycles. The average Bonchev–Trinajstić information content (AvgIpc) is 3.21. The van der Waals surface area contributed by atoms with Crippen molar-refractivity contribution in [3.8, 4) is 0 Å². The molecular weight excluding hydrogens is 380 g/mol. The van der Waals surface area contributed by atoms with E-state index < -0.39 is 12.2 Å². The molecule has 6 heteroatoms. The van der Waals surface area contributed by atoms with Gasteiger partial charge in [-0.05, 0) is 23.6 Å². The molecule has 2 aromatic rings. The lowest BCUT2D eigenvalue weighted by molar-refractivity contribution is -0.00502. The van der Waals surface area contributed by atoms with Gasteiger partial charge in [-0.1, -0.05) is 86.8 Å². The Labute approximate surface area is 177 Å². The third-order valence-corrected chi connectivity index (χ3v) is 4.88. The highest BCUT2D eigenvalue weighted by Gasteiger charge is 2.36. The molecule has 0 saturated carbocycles. The Kier molecular flexibility index (Phi) is 7.89. The maximum Gasteiger partial charge on any atom is 0.433 e. The molecule has 30 heavy (non-hydrogen) atoms. The molecule has 0 N–H and O–H groups in total. The number of unbranched alkanes of at least 4 members (excludes halogenated alkanes) is 2. The first-order valence-corrected chi connectivity index (χ1v) is 10.4. The summed E-state index contributed by atoms with van der Waals surface area (Å²) in [5, 5.41) is 2.57. The molecule has 3 rings (SSSR count). The summed E-state index contributed by atoms with van der Waals surface area (Å²) in [4.78, 5) is 25.6. The summed E-state index contributed by atoms with van der Waals surface area (Å²) >= 11 is 0. The zero-order valence-corrected chi connectivity index (χ0v) is 17.3. The third-order valence-electron chi connectivity index (χ3n) is 4.88. The van der Waals surface area contributed by atoms with Gasteiger partial charge in [-0.15, -0.1) is 0 Å². The SMILES string of the molecule is CCCCC[C@@H]1C=CN(C(=O)OCc2ccccc2)N1C(=O)OCc1ccccc1. The number of ether oxygens (including phenoxy) is 2. The van der Waals surface area contributed by atoms with Crippen LogP contribution in [0.1, 0.15) is 43.7 Å². The lowest BCUT2D eigenvalue weighted by Gasteiger charge is -2.30. The number of benzene rings is 2. The van der Waals surface area contributed by atoms with Gasteiger partial charge >= 0.3 is 12.2 Å². The lowest BCUT2D eigenvalue weighted by Crippen LogP contribution is -2.48. The van der Waals surface area contributed by atoms with Gasteiger partial charge in [-0.25, -0.2) is 14.6 Å². The lowest BCUT2D eigenvalue weighted by atomic mass is 10.1. The Morgan fingerprint density at radius 3 is 1.97 bits per heavy atom. The molecule has 2 amide bonds. The zero-order valence-electron chi connectivity index (χ0n) is 17.3. The number of nitrogens with zero attached hydrogens (tertiary/aromatic N) is 2. The first-order valence-electron chi connectivity index (χ1n) is 10.4. The van der Waals surface area contributed by atoms with Gasteiger partial charge in [0, 0.05) is 6.20 Å². The predicted octanol–water partition coefficient (Wildman–Crippen LogP) is 5.66. The van der Waals surface area contributed by atoms with Crippen LogP contribution in [0, 0.1) is 0 Å². The molecule has 1 aliphatic rings. The van der Waals surface area contributed by atoms with Crippen molar-refractivity contribution in [3.63, 3.8) is 0 Å². The fourth-order valence-electron chi connectivity index (χ4n) is 3.26. The summed E-state index contributed by atoms with van der Waals surface area (Å²) in [5.74, 6) is 0. The minimum Gasteiger partial charge on any atom is -0.443 e. The molecule has 2 aromatic carbocycles. The topological polar surface area (TPSA) is 59.1 Å². The monoisotopic (exact) mass is 408 g/mol. The van der Waals surface area contributed by atoms with Crippen LogP contribution in [-0.2, 0) is 22.7 Å². The second-order valence-corrected chi connectivity index (χ2v) is 7.17. The fraction of sp³-hybridized carbons (Fsp3) is 0.333. The Morgan fingerprint density at radius 1 is 0.833 bits per heavy atom. The van der Waals surface area contributed by atoms with Crippen molar-refractivity contribution in [2.75, 3.05) is 0 Å². The number of amides is 2. The van der Waals surface area contributed by atoms with Gasteiger partial charge in [0.1, 0.15) is 13.2 Å². The van der Waals surface area contributed by atoms with Gasteiger partial charge in [-0.3, -0.25) is 0 Å². The Balaban J connectivity index is 1.64. The van der Waals surface area contributed by atoms with Crippen LogP contribution in [0.25, 0.3) is 0 Å². The fourth-order valence-corrected chi connectivity index (χ4v) is 3.26. The van der Waals surface area contributed by atoms with Crippen molar-refractivity contribution in [1.82, 2.24) is 10.0 Å². The second-order valence-electron chi connectivity index (χ2n) is 7.17. The summed E-state index contributed by atoms with van der Waals surface area (Å²) in [6, 6.07) is 18.7. The molecule has 1 heterocycles. The maximum atomic E-state index is 12.9. The van der Waals surface area contributed by atoms with E-state index in [1.807, 2.05) is 66.7 Å². The second kappa shape index (κ2) is 11.0. The molecule has 0 aromatic heterocycles. The first-order chi connectivity index (χ1) is 14.7. The van der Waals surface area contributed by atoms with Gasteiger partial charge in [0.25, 0.3) is 0 Å². The van der Waals surface area contributed by atoms with Crippen molar-refractivity contribution in [1.29, 1.82) is 0 Å². The number of hydrogen-bond acceptors (Lipinski definition) is 4. The minimum atomic E-state index is -0.607. The van der Waals surface area contributed by atoms with Gasteiger partial charge in [0.2, 0.25) is 0 Å². The van der Waals surface area contributed by atoms with E-state index in [1.54, 1.807) is 6.20 Å². The maximum absolute atomic E-state index is 12.9. The molecule has 0 saturated heterocycles.